The van der Waals surface area contributed by atoms with Crippen LogP contribution in [0.15, 0.2) is 12.3 Å². The predicted molar refractivity (Wildman–Crippen MR) is 65.0 cm³/mol. The standard InChI is InChI=1S/C11H18ClN3/c1-9(2)13-7-5-4-6-11-10(12)8-14-15(11)3/h4,6,8-9,13H,5,7H2,1-3H3/b6-4+. The maximum atomic E-state index is 5.96. The zero-order valence-corrected chi connectivity index (χ0v) is 10.3. The molecule has 0 radical (unpaired) electrons. The van der Waals surface area contributed by atoms with Crippen LogP contribution in [-0.4, -0.2) is 22.4 Å². The summed E-state index contributed by atoms with van der Waals surface area (Å²) in [5.74, 6) is 0. The highest BCUT2D eigenvalue weighted by atomic mass is 35.5. The Labute approximate surface area is 96.1 Å². The number of halogens is 1. The Morgan fingerprint density at radius 3 is 2.87 bits per heavy atom. The fourth-order valence-corrected chi connectivity index (χ4v) is 1.49. The Hall–Kier alpha value is -0.800. The summed E-state index contributed by atoms with van der Waals surface area (Å²) >= 11 is 5.96. The second-order valence-corrected chi connectivity index (χ2v) is 4.21. The number of nitrogens with one attached hydrogen (secondary N) is 1. The van der Waals surface area contributed by atoms with Crippen LogP contribution in [0.1, 0.15) is 26.0 Å². The third-order valence-corrected chi connectivity index (χ3v) is 2.37. The summed E-state index contributed by atoms with van der Waals surface area (Å²) in [6, 6.07) is 0.540. The Morgan fingerprint density at radius 1 is 1.60 bits per heavy atom. The predicted octanol–water partition coefficient (Wildman–Crippen LogP) is 2.47. The van der Waals surface area contributed by atoms with E-state index >= 15 is 0 Å². The van der Waals surface area contributed by atoms with E-state index in [0.29, 0.717) is 11.1 Å². The van der Waals surface area contributed by atoms with Gasteiger partial charge in [-0.25, -0.2) is 0 Å². The summed E-state index contributed by atoms with van der Waals surface area (Å²) in [6.07, 6.45) is 6.78. The minimum absolute atomic E-state index is 0.540. The molecule has 0 amide bonds. The second-order valence-electron chi connectivity index (χ2n) is 3.80. The molecule has 1 heterocycles. The normalized spacial score (nSPS) is 11.8. The van der Waals surface area contributed by atoms with E-state index in [0.717, 1.165) is 18.7 Å². The molecule has 0 unspecified atom stereocenters. The Balaban J connectivity index is 2.38. The van der Waals surface area contributed by atoms with Gasteiger partial charge in [-0.1, -0.05) is 31.5 Å². The molecule has 84 valence electrons. The van der Waals surface area contributed by atoms with E-state index < -0.39 is 0 Å². The van der Waals surface area contributed by atoms with Crippen molar-refractivity contribution in [1.29, 1.82) is 0 Å². The highest BCUT2D eigenvalue weighted by molar-refractivity contribution is 6.31. The van der Waals surface area contributed by atoms with E-state index in [9.17, 15) is 0 Å². The van der Waals surface area contributed by atoms with Crippen LogP contribution in [0.25, 0.3) is 6.08 Å². The molecule has 0 saturated carbocycles. The molecule has 0 aliphatic heterocycles. The number of nitrogens with zero attached hydrogens (tertiary/aromatic N) is 2. The fourth-order valence-electron chi connectivity index (χ4n) is 1.26. The highest BCUT2D eigenvalue weighted by Crippen LogP contribution is 2.15. The van der Waals surface area contributed by atoms with E-state index in [-0.39, 0.29) is 0 Å². The molecule has 15 heavy (non-hydrogen) atoms. The van der Waals surface area contributed by atoms with Gasteiger partial charge in [0.05, 0.1) is 16.9 Å². The maximum Gasteiger partial charge on any atom is 0.0859 e. The van der Waals surface area contributed by atoms with Gasteiger partial charge in [-0.15, -0.1) is 0 Å². The molecule has 0 spiro atoms. The summed E-state index contributed by atoms with van der Waals surface area (Å²) < 4.78 is 1.77. The molecule has 3 nitrogen and oxygen atoms in total. The van der Waals surface area contributed by atoms with Crippen LogP contribution in [0.5, 0.6) is 0 Å². The van der Waals surface area contributed by atoms with Gasteiger partial charge in [0, 0.05) is 13.1 Å². The molecular weight excluding hydrogens is 210 g/mol. The van der Waals surface area contributed by atoms with Crippen molar-refractivity contribution < 1.29 is 0 Å². The van der Waals surface area contributed by atoms with Crippen molar-refractivity contribution in [1.82, 2.24) is 15.1 Å². The number of hydrogen-bond donors (Lipinski definition) is 1. The first-order valence-electron chi connectivity index (χ1n) is 5.18. The van der Waals surface area contributed by atoms with Crippen LogP contribution in [0.4, 0.5) is 0 Å². The van der Waals surface area contributed by atoms with Gasteiger partial charge in [-0.05, 0) is 19.0 Å². The minimum Gasteiger partial charge on any atom is -0.314 e. The van der Waals surface area contributed by atoms with Crippen molar-refractivity contribution in [2.45, 2.75) is 26.3 Å². The third kappa shape index (κ3) is 4.06. The largest absolute Gasteiger partial charge is 0.314 e. The molecule has 0 aromatic carbocycles. The van der Waals surface area contributed by atoms with Gasteiger partial charge in [0.15, 0.2) is 0 Å². The summed E-state index contributed by atoms with van der Waals surface area (Å²) in [5, 5.41) is 8.11. The molecule has 0 fully saturated rings. The van der Waals surface area contributed by atoms with E-state index in [1.807, 2.05) is 13.1 Å². The topological polar surface area (TPSA) is 29.9 Å². The molecule has 0 saturated heterocycles. The van der Waals surface area contributed by atoms with Crippen molar-refractivity contribution >= 4 is 17.7 Å². The first kappa shape index (κ1) is 12.3. The lowest BCUT2D eigenvalue weighted by molar-refractivity contribution is 0.595. The molecule has 1 N–H and O–H groups in total. The first-order valence-corrected chi connectivity index (χ1v) is 5.56. The van der Waals surface area contributed by atoms with E-state index in [1.54, 1.807) is 10.9 Å². The van der Waals surface area contributed by atoms with Crippen LogP contribution in [0.3, 0.4) is 0 Å². The Morgan fingerprint density at radius 2 is 2.33 bits per heavy atom. The van der Waals surface area contributed by atoms with Gasteiger partial charge in [0.25, 0.3) is 0 Å². The lowest BCUT2D eigenvalue weighted by Gasteiger charge is -2.04. The number of rotatable bonds is 5. The SMILES string of the molecule is CC(C)NCC/C=C/c1c(Cl)cnn1C. The van der Waals surface area contributed by atoms with Gasteiger partial charge in [0.2, 0.25) is 0 Å². The zero-order valence-electron chi connectivity index (χ0n) is 9.50. The Bertz CT molecular complexity index is 309. The zero-order chi connectivity index (χ0) is 11.3. The minimum atomic E-state index is 0.540. The van der Waals surface area contributed by atoms with Crippen molar-refractivity contribution in [3.8, 4) is 0 Å². The van der Waals surface area contributed by atoms with Crippen LogP contribution >= 0.6 is 11.6 Å². The number of aryl methyl sites for hydroxylation is 1. The summed E-state index contributed by atoms with van der Waals surface area (Å²) in [7, 11) is 1.89. The van der Waals surface area contributed by atoms with Crippen LogP contribution in [0, 0.1) is 0 Å². The van der Waals surface area contributed by atoms with E-state index in [1.165, 1.54) is 0 Å². The maximum absolute atomic E-state index is 5.96. The van der Waals surface area contributed by atoms with Gasteiger partial charge in [-0.3, -0.25) is 4.68 Å². The lowest BCUT2D eigenvalue weighted by Crippen LogP contribution is -2.23. The average Bonchev–Trinajstić information content (AvgIpc) is 2.47. The molecule has 4 heteroatoms. The number of aromatic nitrogens is 2. The Kier molecular flexibility index (Phi) is 4.85. The van der Waals surface area contributed by atoms with Crippen LogP contribution in [0.2, 0.25) is 5.02 Å². The van der Waals surface area contributed by atoms with Gasteiger partial charge in [0.1, 0.15) is 0 Å². The average molecular weight is 228 g/mol. The second kappa shape index (κ2) is 5.93. The fraction of sp³-hybridized carbons (Fsp3) is 0.545. The first-order chi connectivity index (χ1) is 7.11. The highest BCUT2D eigenvalue weighted by Gasteiger charge is 2.00. The monoisotopic (exact) mass is 227 g/mol. The van der Waals surface area contributed by atoms with Gasteiger partial charge >= 0.3 is 0 Å². The van der Waals surface area contributed by atoms with Gasteiger partial charge in [-0.2, -0.15) is 5.10 Å². The van der Waals surface area contributed by atoms with Crippen molar-refractivity contribution in [3.05, 3.63) is 23.0 Å². The summed E-state index contributed by atoms with van der Waals surface area (Å²) in [5.41, 5.74) is 0.959. The summed E-state index contributed by atoms with van der Waals surface area (Å²) in [4.78, 5) is 0. The molecule has 0 aliphatic rings. The molecule has 1 rings (SSSR count). The van der Waals surface area contributed by atoms with Crippen molar-refractivity contribution in [3.63, 3.8) is 0 Å². The van der Waals surface area contributed by atoms with Gasteiger partial charge < -0.3 is 5.32 Å². The van der Waals surface area contributed by atoms with E-state index in [2.05, 4.69) is 30.3 Å². The molecule has 0 atom stereocenters. The van der Waals surface area contributed by atoms with E-state index in [4.69, 9.17) is 11.6 Å². The molecule has 0 bridgehead atoms. The molecular formula is C11H18ClN3. The molecule has 1 aromatic heterocycles. The van der Waals surface area contributed by atoms with Crippen LogP contribution < -0.4 is 5.32 Å². The van der Waals surface area contributed by atoms with Crippen LogP contribution in [-0.2, 0) is 7.05 Å². The van der Waals surface area contributed by atoms with Crippen molar-refractivity contribution in [2.75, 3.05) is 6.54 Å². The summed E-state index contributed by atoms with van der Waals surface area (Å²) in [6.45, 7) is 5.27. The number of hydrogen-bond acceptors (Lipinski definition) is 2. The molecule has 1 aromatic rings. The smallest absolute Gasteiger partial charge is 0.0859 e. The third-order valence-electron chi connectivity index (χ3n) is 2.08. The quantitative estimate of drug-likeness (QED) is 0.784. The van der Waals surface area contributed by atoms with Crippen molar-refractivity contribution in [2.24, 2.45) is 7.05 Å². The lowest BCUT2D eigenvalue weighted by atomic mass is 10.3. The molecule has 0 aliphatic carbocycles.